The molecule has 2 aromatic heterocycles. The van der Waals surface area contributed by atoms with Gasteiger partial charge in [-0.1, -0.05) is 18.2 Å². The summed E-state index contributed by atoms with van der Waals surface area (Å²) in [6.07, 6.45) is 5.27. The number of hydrogen-bond acceptors (Lipinski definition) is 5. The van der Waals surface area contributed by atoms with Gasteiger partial charge in [-0.2, -0.15) is 0 Å². The number of para-hydroxylation sites is 1. The van der Waals surface area contributed by atoms with E-state index in [0.717, 1.165) is 17.1 Å². The molecule has 5 rings (SSSR count). The molecule has 0 saturated carbocycles. The second kappa shape index (κ2) is 9.29. The number of aromatic carboxylic acids is 1. The maximum atomic E-state index is 13.4. The van der Waals surface area contributed by atoms with Crippen LogP contribution in [0.2, 0.25) is 0 Å². The highest BCUT2D eigenvalue weighted by Gasteiger charge is 2.34. The Bertz CT molecular complexity index is 1390. The number of rotatable bonds is 6. The van der Waals surface area contributed by atoms with Crippen LogP contribution < -0.4 is 0 Å². The number of amides is 1. The van der Waals surface area contributed by atoms with E-state index in [1.807, 2.05) is 65.4 Å². The van der Waals surface area contributed by atoms with E-state index in [4.69, 9.17) is 14.5 Å². The average Bonchev–Trinajstić information content (AvgIpc) is 3.59. The minimum Gasteiger partial charge on any atom is -0.478 e. The van der Waals surface area contributed by atoms with Gasteiger partial charge in [-0.05, 0) is 78.5 Å². The van der Waals surface area contributed by atoms with E-state index in [9.17, 15) is 9.59 Å². The van der Waals surface area contributed by atoms with Crippen LogP contribution in [0, 0.1) is 0 Å². The molecule has 4 aromatic rings. The maximum Gasteiger partial charge on any atom is 0.335 e. The van der Waals surface area contributed by atoms with Crippen LogP contribution in [0.5, 0.6) is 0 Å². The van der Waals surface area contributed by atoms with Crippen LogP contribution in [-0.2, 0) is 11.3 Å². The van der Waals surface area contributed by atoms with E-state index in [0.29, 0.717) is 15.8 Å². The number of aromatic nitrogens is 1. The molecule has 7 nitrogen and oxygen atoms in total. The second-order valence-electron chi connectivity index (χ2n) is 7.47. The molecule has 0 radical (unpaired) electrons. The predicted molar refractivity (Wildman–Crippen MR) is 131 cm³/mol. The number of nitrogens with zero attached hydrogens (tertiary/aromatic N) is 3. The second-order valence-corrected chi connectivity index (χ2v) is 8.48. The summed E-state index contributed by atoms with van der Waals surface area (Å²) < 4.78 is 7.36. The summed E-state index contributed by atoms with van der Waals surface area (Å²) in [5.41, 5.74) is 2.55. The third-order valence-electron chi connectivity index (χ3n) is 5.21. The van der Waals surface area contributed by atoms with Gasteiger partial charge in [0.2, 0.25) is 0 Å². The van der Waals surface area contributed by atoms with Gasteiger partial charge in [-0.3, -0.25) is 9.69 Å². The van der Waals surface area contributed by atoms with Crippen LogP contribution >= 0.6 is 11.8 Å². The zero-order valence-electron chi connectivity index (χ0n) is 17.9. The fourth-order valence-electron chi connectivity index (χ4n) is 3.55. The molecule has 1 amide bonds. The van der Waals surface area contributed by atoms with Crippen LogP contribution in [0.3, 0.4) is 0 Å². The predicted octanol–water partition coefficient (Wildman–Crippen LogP) is 5.57. The lowest BCUT2D eigenvalue weighted by molar-refractivity contribution is -0.122. The van der Waals surface area contributed by atoms with Crippen LogP contribution in [0.25, 0.3) is 11.8 Å². The van der Waals surface area contributed by atoms with Crippen molar-refractivity contribution in [2.45, 2.75) is 6.54 Å². The molecule has 1 saturated heterocycles. The maximum absolute atomic E-state index is 13.4. The summed E-state index contributed by atoms with van der Waals surface area (Å²) in [5.74, 6) is -0.473. The fraction of sp³-hybridized carbons (Fsp3) is 0.0385. The topological polar surface area (TPSA) is 88.0 Å². The Morgan fingerprint density at radius 1 is 1.00 bits per heavy atom. The standard InChI is InChI=1S/C26H19N3O4S/c30-24-23(16-21-8-4-14-28(21)20-12-10-18(11-13-20)25(31)32)34-26(27-19-6-2-1-3-7-19)29(24)17-22-9-5-15-33-22/h1-16H,17H2,(H,31,32)/b23-16-,27-26?. The van der Waals surface area contributed by atoms with Gasteiger partial charge in [0.05, 0.1) is 29.0 Å². The normalized spacial score (nSPS) is 16.0. The lowest BCUT2D eigenvalue weighted by Crippen LogP contribution is -2.28. The van der Waals surface area contributed by atoms with E-state index in [-0.39, 0.29) is 18.0 Å². The first-order valence-electron chi connectivity index (χ1n) is 10.5. The van der Waals surface area contributed by atoms with Crippen molar-refractivity contribution in [1.29, 1.82) is 0 Å². The summed E-state index contributed by atoms with van der Waals surface area (Å²) in [5, 5.41) is 9.72. The van der Waals surface area contributed by atoms with Gasteiger partial charge in [0.25, 0.3) is 5.91 Å². The van der Waals surface area contributed by atoms with Crippen molar-refractivity contribution in [3.8, 4) is 5.69 Å². The lowest BCUT2D eigenvalue weighted by Gasteiger charge is -2.13. The number of benzene rings is 2. The highest BCUT2D eigenvalue weighted by atomic mass is 32.2. The number of aliphatic imine (C=N–C) groups is 1. The Morgan fingerprint density at radius 3 is 2.50 bits per heavy atom. The van der Waals surface area contributed by atoms with Crippen molar-refractivity contribution in [3.63, 3.8) is 0 Å². The van der Waals surface area contributed by atoms with Crippen molar-refractivity contribution in [1.82, 2.24) is 9.47 Å². The van der Waals surface area contributed by atoms with E-state index in [1.54, 1.807) is 41.5 Å². The molecule has 0 bridgehead atoms. The number of amidine groups is 1. The molecule has 8 heteroatoms. The van der Waals surface area contributed by atoms with Crippen molar-refractivity contribution < 1.29 is 19.1 Å². The largest absolute Gasteiger partial charge is 0.478 e. The Balaban J connectivity index is 1.49. The molecule has 0 unspecified atom stereocenters. The molecular weight excluding hydrogens is 450 g/mol. The number of carbonyl (C=O) groups excluding carboxylic acids is 1. The minimum atomic E-state index is -0.976. The number of thioether (sulfide) groups is 1. The minimum absolute atomic E-state index is 0.162. The van der Waals surface area contributed by atoms with E-state index < -0.39 is 5.97 Å². The molecule has 1 aliphatic heterocycles. The zero-order valence-corrected chi connectivity index (χ0v) is 18.7. The van der Waals surface area contributed by atoms with Gasteiger partial charge in [-0.25, -0.2) is 9.79 Å². The van der Waals surface area contributed by atoms with Crippen molar-refractivity contribution in [3.05, 3.63) is 113 Å². The molecule has 34 heavy (non-hydrogen) atoms. The van der Waals surface area contributed by atoms with Gasteiger partial charge in [-0.15, -0.1) is 0 Å². The summed E-state index contributed by atoms with van der Waals surface area (Å²) in [7, 11) is 0. The highest BCUT2D eigenvalue weighted by Crippen LogP contribution is 2.35. The van der Waals surface area contributed by atoms with Crippen LogP contribution in [-0.4, -0.2) is 31.6 Å². The average molecular weight is 470 g/mol. The Labute approximate surface area is 199 Å². The molecular formula is C26H19N3O4S. The number of carbonyl (C=O) groups is 2. The van der Waals surface area contributed by atoms with Gasteiger partial charge in [0.1, 0.15) is 5.76 Å². The Morgan fingerprint density at radius 2 is 1.79 bits per heavy atom. The Kier molecular flexibility index (Phi) is 5.88. The quantitative estimate of drug-likeness (QED) is 0.373. The van der Waals surface area contributed by atoms with Crippen molar-refractivity contribution >= 4 is 40.6 Å². The molecule has 0 aliphatic carbocycles. The monoisotopic (exact) mass is 469 g/mol. The highest BCUT2D eigenvalue weighted by molar-refractivity contribution is 8.18. The molecule has 1 N–H and O–H groups in total. The zero-order chi connectivity index (χ0) is 23.5. The first kappa shape index (κ1) is 21.5. The number of carboxylic acids is 1. The molecule has 1 fully saturated rings. The lowest BCUT2D eigenvalue weighted by atomic mass is 10.2. The van der Waals surface area contributed by atoms with E-state index in [1.165, 1.54) is 11.8 Å². The van der Waals surface area contributed by atoms with Gasteiger partial charge < -0.3 is 14.1 Å². The molecule has 1 aliphatic rings. The van der Waals surface area contributed by atoms with Crippen LogP contribution in [0.4, 0.5) is 5.69 Å². The third kappa shape index (κ3) is 4.44. The summed E-state index contributed by atoms with van der Waals surface area (Å²) in [6, 6.07) is 23.5. The first-order valence-corrected chi connectivity index (χ1v) is 11.3. The van der Waals surface area contributed by atoms with Gasteiger partial charge >= 0.3 is 5.97 Å². The molecule has 0 spiro atoms. The summed E-state index contributed by atoms with van der Waals surface area (Å²) in [6.45, 7) is 0.277. The van der Waals surface area contributed by atoms with Crippen molar-refractivity contribution in [2.75, 3.05) is 0 Å². The van der Waals surface area contributed by atoms with Gasteiger partial charge in [0, 0.05) is 17.6 Å². The summed E-state index contributed by atoms with van der Waals surface area (Å²) >= 11 is 1.31. The third-order valence-corrected chi connectivity index (χ3v) is 6.22. The number of furan rings is 1. The first-order chi connectivity index (χ1) is 16.6. The number of hydrogen-bond donors (Lipinski definition) is 1. The Hall–Kier alpha value is -4.30. The smallest absolute Gasteiger partial charge is 0.335 e. The van der Waals surface area contributed by atoms with E-state index in [2.05, 4.69) is 0 Å². The SMILES string of the molecule is O=C(O)c1ccc(-n2cccc2/C=C2\SC(=Nc3ccccc3)N(Cc3ccco3)C2=O)cc1. The molecule has 168 valence electrons. The fourth-order valence-corrected chi connectivity index (χ4v) is 4.53. The summed E-state index contributed by atoms with van der Waals surface area (Å²) in [4.78, 5) is 31.4. The van der Waals surface area contributed by atoms with Crippen molar-refractivity contribution in [2.24, 2.45) is 4.99 Å². The molecule has 3 heterocycles. The molecule has 0 atom stereocenters. The molecule has 2 aromatic carbocycles. The van der Waals surface area contributed by atoms with Gasteiger partial charge in [0.15, 0.2) is 5.17 Å². The number of carboxylic acid groups (broad SMARTS) is 1. The van der Waals surface area contributed by atoms with Crippen LogP contribution in [0.1, 0.15) is 21.8 Å². The van der Waals surface area contributed by atoms with E-state index >= 15 is 0 Å². The van der Waals surface area contributed by atoms with Crippen LogP contribution in [0.15, 0.2) is 106 Å².